The number of nitrogen functional groups attached to an aromatic ring is 2. The Hall–Kier alpha value is -2.30. The standard InChI is InChI=1S/C12H9F2N3/c13-9-3-5(15)1-7-8-2-6(16)4-10(14)12(8)17-11(7)9/h1-4,17H,15-16H2. The fourth-order valence-electron chi connectivity index (χ4n) is 2.06. The molecule has 0 aliphatic carbocycles. The minimum Gasteiger partial charge on any atom is -0.399 e. The van der Waals surface area contributed by atoms with Crippen molar-refractivity contribution in [2.45, 2.75) is 0 Å². The van der Waals surface area contributed by atoms with Crippen molar-refractivity contribution in [3.63, 3.8) is 0 Å². The lowest BCUT2D eigenvalue weighted by Gasteiger charge is -1.97. The molecule has 5 heteroatoms. The molecule has 0 saturated heterocycles. The van der Waals surface area contributed by atoms with E-state index < -0.39 is 11.6 Å². The summed E-state index contributed by atoms with van der Waals surface area (Å²) >= 11 is 0. The van der Waals surface area contributed by atoms with Crippen LogP contribution in [-0.4, -0.2) is 4.98 Å². The van der Waals surface area contributed by atoms with Gasteiger partial charge in [0.15, 0.2) is 0 Å². The SMILES string of the molecule is Nc1cc(F)c2[nH]c3c(F)cc(N)cc3c2c1. The molecule has 0 fully saturated rings. The van der Waals surface area contributed by atoms with Gasteiger partial charge >= 0.3 is 0 Å². The van der Waals surface area contributed by atoms with Crippen LogP contribution >= 0.6 is 0 Å². The molecule has 0 radical (unpaired) electrons. The van der Waals surface area contributed by atoms with Crippen molar-refractivity contribution in [1.29, 1.82) is 0 Å². The minimum absolute atomic E-state index is 0.235. The Bertz CT molecular complexity index is 684. The number of fused-ring (bicyclic) bond motifs is 3. The Morgan fingerprint density at radius 3 is 1.59 bits per heavy atom. The Balaban J connectivity index is 2.60. The lowest BCUT2D eigenvalue weighted by atomic mass is 10.1. The zero-order valence-electron chi connectivity index (χ0n) is 8.72. The van der Waals surface area contributed by atoms with Crippen molar-refractivity contribution in [3.05, 3.63) is 35.9 Å². The number of aromatic amines is 1. The molecule has 3 rings (SSSR count). The summed E-state index contributed by atoms with van der Waals surface area (Å²) < 4.78 is 27.3. The Morgan fingerprint density at radius 2 is 1.18 bits per heavy atom. The summed E-state index contributed by atoms with van der Waals surface area (Å²) in [5.74, 6) is -1.01. The van der Waals surface area contributed by atoms with Crippen molar-refractivity contribution in [2.75, 3.05) is 11.5 Å². The molecule has 17 heavy (non-hydrogen) atoms. The van der Waals surface area contributed by atoms with Crippen LogP contribution in [0.1, 0.15) is 0 Å². The van der Waals surface area contributed by atoms with Crippen LogP contribution in [0.3, 0.4) is 0 Å². The normalized spacial score (nSPS) is 11.4. The third kappa shape index (κ3) is 1.32. The molecule has 1 heterocycles. The fraction of sp³-hybridized carbons (Fsp3) is 0. The first-order valence-corrected chi connectivity index (χ1v) is 5.01. The molecule has 0 spiro atoms. The molecule has 0 aliphatic heterocycles. The zero-order chi connectivity index (χ0) is 12.2. The van der Waals surface area contributed by atoms with Crippen LogP contribution in [-0.2, 0) is 0 Å². The van der Waals surface area contributed by atoms with Crippen LogP contribution in [0.5, 0.6) is 0 Å². The number of hydrogen-bond acceptors (Lipinski definition) is 2. The van der Waals surface area contributed by atoms with E-state index in [1.807, 2.05) is 0 Å². The molecule has 1 aromatic heterocycles. The van der Waals surface area contributed by atoms with Gasteiger partial charge < -0.3 is 16.5 Å². The highest BCUT2D eigenvalue weighted by molar-refractivity contribution is 6.09. The number of halogens is 2. The predicted molar refractivity (Wildman–Crippen MR) is 64.5 cm³/mol. The van der Waals surface area contributed by atoms with Crippen LogP contribution in [0.2, 0.25) is 0 Å². The van der Waals surface area contributed by atoms with Crippen LogP contribution in [0.4, 0.5) is 20.2 Å². The predicted octanol–water partition coefficient (Wildman–Crippen LogP) is 2.76. The zero-order valence-corrected chi connectivity index (χ0v) is 8.72. The van der Waals surface area contributed by atoms with Crippen LogP contribution < -0.4 is 11.5 Å². The van der Waals surface area contributed by atoms with E-state index in [-0.39, 0.29) is 11.0 Å². The number of nitrogens with one attached hydrogen (secondary N) is 1. The molecule has 0 aliphatic rings. The topological polar surface area (TPSA) is 67.8 Å². The molecular weight excluding hydrogens is 224 g/mol. The van der Waals surface area contributed by atoms with Crippen molar-refractivity contribution in [2.24, 2.45) is 0 Å². The summed E-state index contributed by atoms with van der Waals surface area (Å²) in [6.07, 6.45) is 0. The lowest BCUT2D eigenvalue weighted by molar-refractivity contribution is 0.634. The summed E-state index contributed by atoms with van der Waals surface area (Å²) in [6.45, 7) is 0. The van der Waals surface area contributed by atoms with Crippen molar-refractivity contribution >= 4 is 33.2 Å². The van der Waals surface area contributed by atoms with Gasteiger partial charge in [-0.05, 0) is 24.3 Å². The van der Waals surface area contributed by atoms with E-state index in [1.54, 1.807) is 12.1 Å². The maximum atomic E-state index is 13.7. The van der Waals surface area contributed by atoms with E-state index >= 15 is 0 Å². The van der Waals surface area contributed by atoms with E-state index in [0.717, 1.165) is 0 Å². The summed E-state index contributed by atoms with van der Waals surface area (Å²) in [7, 11) is 0. The molecule has 86 valence electrons. The Kier molecular flexibility index (Phi) is 1.80. The van der Waals surface area contributed by atoms with Crippen molar-refractivity contribution in [1.82, 2.24) is 4.98 Å². The second-order valence-electron chi connectivity index (χ2n) is 3.98. The van der Waals surface area contributed by atoms with E-state index in [2.05, 4.69) is 4.98 Å². The van der Waals surface area contributed by atoms with Gasteiger partial charge in [-0.2, -0.15) is 0 Å². The third-order valence-electron chi connectivity index (χ3n) is 2.77. The fourth-order valence-corrected chi connectivity index (χ4v) is 2.06. The first kappa shape index (κ1) is 9.89. The smallest absolute Gasteiger partial charge is 0.149 e. The van der Waals surface area contributed by atoms with Crippen LogP contribution in [0, 0.1) is 11.6 Å². The van der Waals surface area contributed by atoms with Gasteiger partial charge in [0.05, 0.1) is 11.0 Å². The molecule has 3 nitrogen and oxygen atoms in total. The number of nitrogens with two attached hydrogens (primary N) is 2. The highest BCUT2D eigenvalue weighted by atomic mass is 19.1. The number of rotatable bonds is 0. The summed E-state index contributed by atoms with van der Waals surface area (Å²) in [5, 5.41) is 1.06. The Morgan fingerprint density at radius 1 is 0.765 bits per heavy atom. The number of H-pyrrole nitrogens is 1. The molecule has 0 saturated carbocycles. The summed E-state index contributed by atoms with van der Waals surface area (Å²) in [6, 6.07) is 5.57. The minimum atomic E-state index is -0.505. The van der Waals surface area contributed by atoms with E-state index in [4.69, 9.17) is 11.5 Å². The molecule has 0 unspecified atom stereocenters. The number of benzene rings is 2. The maximum Gasteiger partial charge on any atom is 0.149 e. The number of aromatic nitrogens is 1. The van der Waals surface area contributed by atoms with Gasteiger partial charge in [0.2, 0.25) is 0 Å². The molecule has 3 aromatic rings. The summed E-state index contributed by atoms with van der Waals surface area (Å²) in [5.41, 5.74) is 12.2. The second kappa shape index (κ2) is 3.10. The van der Waals surface area contributed by atoms with Gasteiger partial charge in [0, 0.05) is 22.1 Å². The molecule has 0 bridgehead atoms. The summed E-state index contributed by atoms with van der Waals surface area (Å²) in [4.78, 5) is 2.71. The molecule has 2 aromatic carbocycles. The lowest BCUT2D eigenvalue weighted by Crippen LogP contribution is -1.87. The second-order valence-corrected chi connectivity index (χ2v) is 3.98. The molecule has 0 atom stereocenters. The quantitative estimate of drug-likeness (QED) is 0.522. The first-order valence-electron chi connectivity index (χ1n) is 5.01. The number of anilines is 2. The highest BCUT2D eigenvalue weighted by Crippen LogP contribution is 2.31. The van der Waals surface area contributed by atoms with Crippen molar-refractivity contribution < 1.29 is 8.78 Å². The first-order chi connectivity index (χ1) is 8.06. The average molecular weight is 233 g/mol. The van der Waals surface area contributed by atoms with E-state index in [1.165, 1.54) is 12.1 Å². The number of hydrogen-bond donors (Lipinski definition) is 3. The molecular formula is C12H9F2N3. The van der Waals surface area contributed by atoms with Gasteiger partial charge in [-0.3, -0.25) is 0 Å². The van der Waals surface area contributed by atoms with E-state index in [0.29, 0.717) is 22.1 Å². The Labute approximate surface area is 95.0 Å². The largest absolute Gasteiger partial charge is 0.399 e. The maximum absolute atomic E-state index is 13.7. The van der Waals surface area contributed by atoms with Gasteiger partial charge in [0.1, 0.15) is 11.6 Å². The third-order valence-corrected chi connectivity index (χ3v) is 2.77. The average Bonchev–Trinajstić information content (AvgIpc) is 2.58. The van der Waals surface area contributed by atoms with Crippen molar-refractivity contribution in [3.8, 4) is 0 Å². The van der Waals surface area contributed by atoms with E-state index in [9.17, 15) is 8.78 Å². The monoisotopic (exact) mass is 233 g/mol. The van der Waals surface area contributed by atoms with Crippen LogP contribution in [0.25, 0.3) is 21.8 Å². The van der Waals surface area contributed by atoms with Gasteiger partial charge in [-0.15, -0.1) is 0 Å². The van der Waals surface area contributed by atoms with Gasteiger partial charge in [-0.1, -0.05) is 0 Å². The van der Waals surface area contributed by atoms with Gasteiger partial charge in [-0.25, -0.2) is 8.78 Å². The van der Waals surface area contributed by atoms with Gasteiger partial charge in [0.25, 0.3) is 0 Å². The molecule has 5 N–H and O–H groups in total. The van der Waals surface area contributed by atoms with Crippen LogP contribution in [0.15, 0.2) is 24.3 Å². The molecule has 0 amide bonds. The highest BCUT2D eigenvalue weighted by Gasteiger charge is 2.12.